The first-order valence-corrected chi connectivity index (χ1v) is 8.42. The lowest BCUT2D eigenvalue weighted by molar-refractivity contribution is 0.291. The Morgan fingerprint density at radius 1 is 1.19 bits per heavy atom. The number of anilines is 1. The van der Waals surface area contributed by atoms with Gasteiger partial charge in [0.1, 0.15) is 17.3 Å². The zero-order valence-electron chi connectivity index (χ0n) is 15.5. The van der Waals surface area contributed by atoms with Crippen molar-refractivity contribution in [1.82, 2.24) is 4.98 Å². The number of methoxy groups -OCH3 is 2. The number of ether oxygens (including phenoxy) is 2. The Hall–Kier alpha value is -2.96. The molecule has 2 aromatic rings. The zero-order valence-corrected chi connectivity index (χ0v) is 15.5. The molecule has 0 saturated carbocycles. The molecule has 2 aliphatic rings. The molecule has 1 atom stereocenters. The van der Waals surface area contributed by atoms with Gasteiger partial charge in [-0.15, -0.1) is 0 Å². The Labute approximate surface area is 151 Å². The molecule has 26 heavy (non-hydrogen) atoms. The smallest absolute Gasteiger partial charge is 0.245 e. The van der Waals surface area contributed by atoms with E-state index >= 15 is 0 Å². The quantitative estimate of drug-likeness (QED) is 0.858. The van der Waals surface area contributed by atoms with Crippen LogP contribution in [0, 0.1) is 0 Å². The summed E-state index contributed by atoms with van der Waals surface area (Å²) in [5, 5.41) is 3.28. The molecule has 136 valence electrons. The third-order valence-corrected chi connectivity index (χ3v) is 4.60. The fraction of sp³-hybridized carbons (Fsp3) is 0.368. The average Bonchev–Trinajstić information content (AvgIpc) is 3.04. The molecule has 0 saturated heterocycles. The van der Waals surface area contributed by atoms with Crippen molar-refractivity contribution < 1.29 is 13.9 Å². The van der Waals surface area contributed by atoms with E-state index in [4.69, 9.17) is 24.6 Å². The van der Waals surface area contributed by atoms with E-state index in [9.17, 15) is 0 Å². The van der Waals surface area contributed by atoms with Crippen LogP contribution in [0.1, 0.15) is 43.8 Å². The van der Waals surface area contributed by atoms with Gasteiger partial charge in [0.05, 0.1) is 25.7 Å². The lowest BCUT2D eigenvalue weighted by Gasteiger charge is -2.31. The minimum Gasteiger partial charge on any atom is -0.497 e. The number of amidine groups is 1. The van der Waals surface area contributed by atoms with Gasteiger partial charge < -0.3 is 24.9 Å². The zero-order chi connectivity index (χ0) is 18.6. The summed E-state index contributed by atoms with van der Waals surface area (Å²) in [4.78, 5) is 9.20. The maximum Gasteiger partial charge on any atom is 0.245 e. The van der Waals surface area contributed by atoms with Crippen LogP contribution in [0.25, 0.3) is 0 Å². The number of nitrogens with zero attached hydrogens (tertiary/aromatic N) is 2. The van der Waals surface area contributed by atoms with Crippen LogP contribution < -0.4 is 15.8 Å². The highest BCUT2D eigenvalue weighted by atomic mass is 16.5. The van der Waals surface area contributed by atoms with E-state index in [1.807, 2.05) is 18.2 Å². The first kappa shape index (κ1) is 16.5. The van der Waals surface area contributed by atoms with E-state index in [2.05, 4.69) is 31.1 Å². The number of aromatic nitrogens is 1. The van der Waals surface area contributed by atoms with E-state index in [-0.39, 0.29) is 11.3 Å². The van der Waals surface area contributed by atoms with Crippen molar-refractivity contribution in [3.05, 3.63) is 46.8 Å². The van der Waals surface area contributed by atoms with E-state index in [1.54, 1.807) is 14.2 Å². The Kier molecular flexibility index (Phi) is 3.50. The predicted octanol–water partition coefficient (Wildman–Crippen LogP) is 3.40. The molecule has 0 fully saturated rings. The molecular formula is C19H22N4O3. The second-order valence-corrected chi connectivity index (χ2v) is 7.41. The first-order chi connectivity index (χ1) is 12.3. The van der Waals surface area contributed by atoms with Gasteiger partial charge in [-0.05, 0) is 11.6 Å². The summed E-state index contributed by atoms with van der Waals surface area (Å²) in [6.07, 6.45) is 0. The Morgan fingerprint density at radius 2 is 1.96 bits per heavy atom. The Morgan fingerprint density at radius 3 is 2.62 bits per heavy atom. The number of oxazole rings is 1. The maximum atomic E-state index is 6.26. The molecule has 4 rings (SSSR count). The Balaban J connectivity index is 1.96. The molecule has 0 bridgehead atoms. The monoisotopic (exact) mass is 354 g/mol. The van der Waals surface area contributed by atoms with Gasteiger partial charge >= 0.3 is 0 Å². The fourth-order valence-electron chi connectivity index (χ4n) is 3.29. The number of fused-ring (bicyclic) bond motifs is 5. The van der Waals surface area contributed by atoms with Gasteiger partial charge in [0, 0.05) is 17.2 Å². The highest BCUT2D eigenvalue weighted by molar-refractivity contribution is 6.04. The predicted molar refractivity (Wildman–Crippen MR) is 99.0 cm³/mol. The van der Waals surface area contributed by atoms with Gasteiger partial charge in [0.15, 0.2) is 5.88 Å². The number of hydrogen-bond donors (Lipinski definition) is 2. The van der Waals surface area contributed by atoms with Crippen molar-refractivity contribution in [1.29, 1.82) is 0 Å². The highest BCUT2D eigenvalue weighted by Gasteiger charge is 2.40. The van der Waals surface area contributed by atoms with Crippen LogP contribution in [0.4, 0.5) is 11.6 Å². The van der Waals surface area contributed by atoms with Crippen LogP contribution >= 0.6 is 0 Å². The number of hydrogen-bond acceptors (Lipinski definition) is 7. The maximum absolute atomic E-state index is 6.26. The SMILES string of the molecule is COC1=C2C(N)=Nc3oc(C(C)(C)C)nc3[C@@H]2c2ccc(OC)cc2N1. The van der Waals surface area contributed by atoms with E-state index in [1.165, 1.54) is 0 Å². The van der Waals surface area contributed by atoms with Crippen molar-refractivity contribution in [2.45, 2.75) is 32.1 Å². The summed E-state index contributed by atoms with van der Waals surface area (Å²) in [7, 11) is 3.24. The van der Waals surface area contributed by atoms with E-state index < -0.39 is 0 Å². The van der Waals surface area contributed by atoms with Crippen LogP contribution in [0.15, 0.2) is 39.1 Å². The summed E-state index contributed by atoms with van der Waals surface area (Å²) in [6, 6.07) is 5.85. The number of aliphatic imine (C=N–C) groups is 1. The van der Waals surface area contributed by atoms with Crippen LogP contribution in [-0.2, 0) is 10.2 Å². The third kappa shape index (κ3) is 2.34. The first-order valence-electron chi connectivity index (χ1n) is 8.42. The number of rotatable bonds is 2. The van der Waals surface area contributed by atoms with Gasteiger partial charge in [0.25, 0.3) is 0 Å². The van der Waals surface area contributed by atoms with Crippen LogP contribution in [-0.4, -0.2) is 25.0 Å². The summed E-state index contributed by atoms with van der Waals surface area (Å²) in [6.45, 7) is 6.15. The molecule has 0 aliphatic carbocycles. The van der Waals surface area contributed by atoms with Crippen LogP contribution in [0.5, 0.6) is 5.75 Å². The fourth-order valence-corrected chi connectivity index (χ4v) is 3.29. The molecule has 0 unspecified atom stereocenters. The normalized spacial score (nSPS) is 18.3. The molecule has 3 heterocycles. The highest BCUT2D eigenvalue weighted by Crippen LogP contribution is 2.48. The molecule has 7 heteroatoms. The standard InChI is InChI=1S/C19H22N4O3/c1-19(2,3)18-22-14-12-10-7-6-9(24-4)8-11(10)21-16(25-5)13(12)15(20)23-17(14)26-18/h6-8,12,21H,1-5H3,(H2,20,23)/t12-/m1/s1. The number of benzene rings is 1. The molecule has 7 nitrogen and oxygen atoms in total. The van der Waals surface area contributed by atoms with Crippen molar-refractivity contribution in [3.8, 4) is 5.75 Å². The molecule has 2 aliphatic heterocycles. The second kappa shape index (κ2) is 5.52. The van der Waals surface area contributed by atoms with E-state index in [0.29, 0.717) is 23.5 Å². The molecule has 0 amide bonds. The van der Waals surface area contributed by atoms with Gasteiger partial charge in [0.2, 0.25) is 11.8 Å². The van der Waals surface area contributed by atoms with Crippen molar-refractivity contribution in [3.63, 3.8) is 0 Å². The lowest BCUT2D eigenvalue weighted by Crippen LogP contribution is -2.31. The van der Waals surface area contributed by atoms with Crippen molar-refractivity contribution >= 4 is 17.4 Å². The number of nitrogens with one attached hydrogen (secondary N) is 1. The molecule has 1 aromatic carbocycles. The summed E-state index contributed by atoms with van der Waals surface area (Å²) >= 11 is 0. The van der Waals surface area contributed by atoms with Crippen LogP contribution in [0.3, 0.4) is 0 Å². The van der Waals surface area contributed by atoms with Crippen molar-refractivity contribution in [2.24, 2.45) is 10.7 Å². The minimum atomic E-state index is -0.231. The van der Waals surface area contributed by atoms with Gasteiger partial charge in [-0.25, -0.2) is 4.98 Å². The van der Waals surface area contributed by atoms with Gasteiger partial charge in [-0.1, -0.05) is 26.8 Å². The molecule has 1 aromatic heterocycles. The molecule has 0 radical (unpaired) electrons. The number of nitrogens with two attached hydrogens (primary N) is 1. The summed E-state index contributed by atoms with van der Waals surface area (Å²) in [5.74, 6) is 2.56. The largest absolute Gasteiger partial charge is 0.497 e. The molecule has 3 N–H and O–H groups in total. The Bertz CT molecular complexity index is 950. The molecule has 0 spiro atoms. The topological polar surface area (TPSA) is 94.9 Å². The summed E-state index contributed by atoms with van der Waals surface area (Å²) < 4.78 is 16.8. The summed E-state index contributed by atoms with van der Waals surface area (Å²) in [5.41, 5.74) is 9.46. The minimum absolute atomic E-state index is 0.209. The average molecular weight is 354 g/mol. The lowest BCUT2D eigenvalue weighted by atomic mass is 9.83. The van der Waals surface area contributed by atoms with Crippen LogP contribution in [0.2, 0.25) is 0 Å². The van der Waals surface area contributed by atoms with E-state index in [0.717, 1.165) is 28.3 Å². The van der Waals surface area contributed by atoms with Gasteiger partial charge in [-0.2, -0.15) is 4.99 Å². The molecular weight excluding hydrogens is 332 g/mol. The third-order valence-electron chi connectivity index (χ3n) is 4.60. The van der Waals surface area contributed by atoms with Crippen molar-refractivity contribution in [2.75, 3.05) is 19.5 Å². The second-order valence-electron chi connectivity index (χ2n) is 7.41. The van der Waals surface area contributed by atoms with Gasteiger partial charge in [-0.3, -0.25) is 0 Å².